The van der Waals surface area contributed by atoms with Crippen molar-refractivity contribution < 1.29 is 14.8 Å². The average molecular weight is 331 g/mol. The topological polar surface area (TPSA) is 52.5 Å². The first-order valence-electron chi connectivity index (χ1n) is 7.09. The smallest absolute Gasteiger partial charge is 0.164 e. The summed E-state index contributed by atoms with van der Waals surface area (Å²) in [6.07, 6.45) is 1.76. The van der Waals surface area contributed by atoms with E-state index in [2.05, 4.69) is 43.6 Å². The highest BCUT2D eigenvalue weighted by atomic mass is 79.9. The molecule has 0 aromatic rings. The Hall–Kier alpha value is 0.425. The molecular weight excluding hydrogens is 307 g/mol. The van der Waals surface area contributed by atoms with Crippen LogP contribution in [0.3, 0.4) is 0 Å². The molecule has 3 aliphatic rings. The lowest BCUT2D eigenvalue weighted by Gasteiger charge is -2.74. The maximum absolute atomic E-state index is 11.2. The summed E-state index contributed by atoms with van der Waals surface area (Å²) in [5.41, 5.74) is -1.89. The van der Waals surface area contributed by atoms with Gasteiger partial charge in [0.1, 0.15) is 0 Å². The molecular formula is C14H24BBrO3-. The van der Waals surface area contributed by atoms with E-state index >= 15 is 0 Å². The van der Waals surface area contributed by atoms with Crippen molar-refractivity contribution in [3.8, 4) is 0 Å². The molecule has 19 heavy (non-hydrogen) atoms. The van der Waals surface area contributed by atoms with E-state index < -0.39 is 11.2 Å². The van der Waals surface area contributed by atoms with Gasteiger partial charge in [-0.3, -0.25) is 0 Å². The van der Waals surface area contributed by atoms with E-state index in [9.17, 15) is 10.1 Å². The Labute approximate surface area is 125 Å². The molecule has 0 saturated heterocycles. The summed E-state index contributed by atoms with van der Waals surface area (Å²) >= 11 is 3.74. The summed E-state index contributed by atoms with van der Waals surface area (Å²) in [6, 6.07) is 0. The summed E-state index contributed by atoms with van der Waals surface area (Å²) in [5, 5.41) is 22.1. The van der Waals surface area contributed by atoms with Crippen molar-refractivity contribution in [2.24, 2.45) is 23.2 Å². The van der Waals surface area contributed by atoms with Crippen molar-refractivity contribution in [1.82, 2.24) is 0 Å². The van der Waals surface area contributed by atoms with Crippen LogP contribution in [0.4, 0.5) is 0 Å². The second-order valence-corrected chi connectivity index (χ2v) is 8.40. The molecule has 109 valence electrons. The van der Waals surface area contributed by atoms with Crippen LogP contribution in [-0.4, -0.2) is 28.8 Å². The maximum Gasteiger partial charge on any atom is 0.164 e. The van der Waals surface area contributed by atoms with Crippen LogP contribution in [0.5, 0.6) is 0 Å². The number of fused-ring (bicyclic) bond motifs is 2. The van der Waals surface area contributed by atoms with Gasteiger partial charge in [0.05, 0.1) is 11.2 Å². The first kappa shape index (κ1) is 15.8. The zero-order chi connectivity index (χ0) is 14.6. The quantitative estimate of drug-likeness (QED) is 0.632. The van der Waals surface area contributed by atoms with E-state index in [1.165, 1.54) is 0 Å². The van der Waals surface area contributed by atoms with E-state index in [-0.39, 0.29) is 16.2 Å². The van der Waals surface area contributed by atoms with Gasteiger partial charge in [0, 0.05) is 10.7 Å². The third-order valence-electron chi connectivity index (χ3n) is 5.94. The summed E-state index contributed by atoms with van der Waals surface area (Å²) in [7, 11) is 0.507. The van der Waals surface area contributed by atoms with Gasteiger partial charge in [-0.2, -0.15) is 0 Å². The molecule has 0 aromatic heterocycles. The molecule has 5 atom stereocenters. The molecule has 0 heterocycles. The van der Waals surface area contributed by atoms with Crippen molar-refractivity contribution in [3.05, 3.63) is 0 Å². The highest BCUT2D eigenvalue weighted by Crippen LogP contribution is 2.69. The fourth-order valence-electron chi connectivity index (χ4n) is 4.44. The second kappa shape index (κ2) is 4.72. The molecule has 5 unspecified atom stereocenters. The lowest BCUT2D eigenvalue weighted by molar-refractivity contribution is -0.341. The highest BCUT2D eigenvalue weighted by Gasteiger charge is 2.73. The normalized spacial score (nSPS) is 45.7. The molecule has 2 bridgehead atoms. The maximum atomic E-state index is 11.2. The van der Waals surface area contributed by atoms with Crippen molar-refractivity contribution in [1.29, 1.82) is 0 Å². The molecule has 1 radical (unpaired) electrons. The van der Waals surface area contributed by atoms with Gasteiger partial charge in [-0.15, -0.1) is 0 Å². The summed E-state index contributed by atoms with van der Waals surface area (Å²) in [4.78, 5) is 0.232. The molecule has 0 aliphatic heterocycles. The van der Waals surface area contributed by atoms with Crippen LogP contribution in [0.25, 0.3) is 0 Å². The zero-order valence-electron chi connectivity index (χ0n) is 12.4. The van der Waals surface area contributed by atoms with Gasteiger partial charge in [0.15, 0.2) is 7.69 Å². The first-order valence-corrected chi connectivity index (χ1v) is 8.01. The third kappa shape index (κ3) is 1.88. The summed E-state index contributed by atoms with van der Waals surface area (Å²) in [5.74, 6) is 1.06. The van der Waals surface area contributed by atoms with E-state index in [4.69, 9.17) is 4.65 Å². The molecule has 0 aromatic carbocycles. The highest BCUT2D eigenvalue weighted by molar-refractivity contribution is 9.09. The Bertz CT molecular complexity index is 355. The fourth-order valence-corrected chi connectivity index (χ4v) is 5.17. The molecule has 3 nitrogen and oxygen atoms in total. The summed E-state index contributed by atoms with van der Waals surface area (Å²) in [6.45, 7) is 10.3. The predicted molar refractivity (Wildman–Crippen MR) is 77.7 cm³/mol. The van der Waals surface area contributed by atoms with Crippen molar-refractivity contribution >= 4 is 23.6 Å². The standard InChI is InChI=1S/C14H24BBrO3/c1-8(2)11(16)10-6-9-7-14(19-15-18,12(9,3)4)13(10,5)17/h8-11,17H,6-7H2,1-5H3/q-1. The summed E-state index contributed by atoms with van der Waals surface area (Å²) < 4.78 is 5.48. The SMILES string of the molecule is CC(C)C(Br)C1CC2CC(O[B][O-])(C2(C)C)C1(C)O. The van der Waals surface area contributed by atoms with Gasteiger partial charge in [-0.05, 0) is 37.0 Å². The van der Waals surface area contributed by atoms with Crippen molar-refractivity contribution in [2.45, 2.75) is 63.5 Å². The first-order chi connectivity index (χ1) is 8.62. The fraction of sp³-hybridized carbons (Fsp3) is 1.00. The molecule has 0 amide bonds. The molecule has 3 fully saturated rings. The van der Waals surface area contributed by atoms with Crippen LogP contribution < -0.4 is 5.02 Å². The van der Waals surface area contributed by atoms with Crippen LogP contribution >= 0.6 is 15.9 Å². The largest absolute Gasteiger partial charge is 0.861 e. The Morgan fingerprint density at radius 1 is 1.37 bits per heavy atom. The van der Waals surface area contributed by atoms with E-state index in [1.807, 2.05) is 6.92 Å². The minimum absolute atomic E-state index is 0.110. The molecule has 3 saturated carbocycles. The number of rotatable bonds is 4. The number of halogens is 1. The van der Waals surface area contributed by atoms with E-state index in [0.29, 0.717) is 19.5 Å². The monoisotopic (exact) mass is 330 g/mol. The minimum Gasteiger partial charge on any atom is -0.861 e. The number of hydrogen-bond acceptors (Lipinski definition) is 3. The Kier molecular flexibility index (Phi) is 3.93. The van der Waals surface area contributed by atoms with Crippen LogP contribution in [0.1, 0.15) is 47.5 Å². The van der Waals surface area contributed by atoms with Crippen LogP contribution in [0.2, 0.25) is 0 Å². The zero-order valence-corrected chi connectivity index (χ0v) is 14.0. The lowest BCUT2D eigenvalue weighted by Crippen LogP contribution is -2.80. The predicted octanol–water partition coefficient (Wildman–Crippen LogP) is 1.87. The van der Waals surface area contributed by atoms with Gasteiger partial charge in [0.2, 0.25) is 0 Å². The molecule has 5 heteroatoms. The second-order valence-electron chi connectivity index (χ2n) is 7.34. The minimum atomic E-state index is -0.995. The molecule has 0 spiro atoms. The van der Waals surface area contributed by atoms with Crippen LogP contribution in [-0.2, 0) is 4.65 Å². The Morgan fingerprint density at radius 3 is 2.37 bits per heavy atom. The van der Waals surface area contributed by atoms with Gasteiger partial charge >= 0.3 is 0 Å². The number of aliphatic hydroxyl groups is 1. The Balaban J connectivity index is 2.36. The number of hydrogen-bond donors (Lipinski definition) is 1. The van der Waals surface area contributed by atoms with Crippen molar-refractivity contribution in [2.75, 3.05) is 0 Å². The Morgan fingerprint density at radius 2 is 1.95 bits per heavy atom. The van der Waals surface area contributed by atoms with Gasteiger partial charge in [-0.25, -0.2) is 0 Å². The van der Waals surface area contributed by atoms with Crippen LogP contribution in [0.15, 0.2) is 0 Å². The van der Waals surface area contributed by atoms with Gasteiger partial charge in [-0.1, -0.05) is 43.6 Å². The lowest BCUT2D eigenvalue weighted by atomic mass is 9.38. The van der Waals surface area contributed by atoms with E-state index in [0.717, 1.165) is 12.8 Å². The van der Waals surface area contributed by atoms with Crippen LogP contribution in [0, 0.1) is 23.2 Å². The molecule has 1 N–H and O–H groups in total. The third-order valence-corrected chi connectivity index (χ3v) is 7.64. The molecule has 3 rings (SSSR count). The van der Waals surface area contributed by atoms with Gasteiger partial charge < -0.3 is 14.8 Å². The van der Waals surface area contributed by atoms with Gasteiger partial charge in [0.25, 0.3) is 0 Å². The average Bonchev–Trinajstić information content (AvgIpc) is 2.29. The molecule has 3 aliphatic carbocycles. The number of alkyl halides is 1. The van der Waals surface area contributed by atoms with E-state index in [1.54, 1.807) is 0 Å². The van der Waals surface area contributed by atoms with Crippen molar-refractivity contribution in [3.63, 3.8) is 0 Å².